The molecule has 1 fully saturated rings. The quantitative estimate of drug-likeness (QED) is 0.712. The Bertz CT molecular complexity index is 913. The van der Waals surface area contributed by atoms with Gasteiger partial charge in [0.2, 0.25) is 0 Å². The van der Waals surface area contributed by atoms with Crippen LogP contribution in [-0.2, 0) is 19.6 Å². The van der Waals surface area contributed by atoms with E-state index in [0.29, 0.717) is 12.5 Å². The standard InChI is InChI=1S/C21H29N7/c1-16-9-17(2)21(28-8-4-6-23-28)19(10-16)14-26-7-3-5-18(12-26)13-27-15-20(11-22)24-25-27/h4,6,8-10,15,18H,3,5,7,11-14,22H2,1-2H3. The normalized spacial score (nSPS) is 17.9. The van der Waals surface area contributed by atoms with Crippen LogP contribution in [0.25, 0.3) is 5.69 Å². The molecule has 1 unspecified atom stereocenters. The van der Waals surface area contributed by atoms with Gasteiger partial charge in [-0.3, -0.25) is 9.58 Å². The van der Waals surface area contributed by atoms with E-state index in [2.05, 4.69) is 46.3 Å². The molecule has 1 aliphatic heterocycles. The summed E-state index contributed by atoms with van der Waals surface area (Å²) in [6.45, 7) is 8.84. The molecule has 1 saturated heterocycles. The molecular weight excluding hydrogens is 350 g/mol. The number of aromatic nitrogens is 5. The van der Waals surface area contributed by atoms with Gasteiger partial charge in [0.1, 0.15) is 0 Å². The van der Waals surface area contributed by atoms with Gasteiger partial charge in [-0.1, -0.05) is 22.9 Å². The number of aryl methyl sites for hydroxylation is 2. The van der Waals surface area contributed by atoms with Crippen LogP contribution in [0.3, 0.4) is 0 Å². The largest absolute Gasteiger partial charge is 0.325 e. The number of likely N-dealkylation sites (tertiary alicyclic amines) is 1. The van der Waals surface area contributed by atoms with Gasteiger partial charge in [0.05, 0.1) is 11.4 Å². The fourth-order valence-electron chi connectivity index (χ4n) is 4.37. The van der Waals surface area contributed by atoms with Crippen molar-refractivity contribution in [1.82, 2.24) is 29.7 Å². The van der Waals surface area contributed by atoms with Gasteiger partial charge in [0, 0.05) is 44.8 Å². The van der Waals surface area contributed by atoms with Crippen molar-refractivity contribution in [1.29, 1.82) is 0 Å². The molecule has 3 heterocycles. The van der Waals surface area contributed by atoms with Crippen molar-refractivity contribution in [2.24, 2.45) is 11.7 Å². The molecule has 28 heavy (non-hydrogen) atoms. The molecule has 0 spiro atoms. The molecular formula is C21H29N7. The van der Waals surface area contributed by atoms with E-state index in [1.54, 1.807) is 0 Å². The predicted molar refractivity (Wildman–Crippen MR) is 109 cm³/mol. The molecule has 148 valence electrons. The van der Waals surface area contributed by atoms with Crippen LogP contribution >= 0.6 is 0 Å². The summed E-state index contributed by atoms with van der Waals surface area (Å²) in [4.78, 5) is 2.57. The number of nitrogens with zero attached hydrogens (tertiary/aromatic N) is 6. The van der Waals surface area contributed by atoms with Crippen molar-refractivity contribution < 1.29 is 0 Å². The highest BCUT2D eigenvalue weighted by Crippen LogP contribution is 2.25. The molecule has 7 heteroatoms. The van der Waals surface area contributed by atoms with Gasteiger partial charge < -0.3 is 5.73 Å². The lowest BCUT2D eigenvalue weighted by Gasteiger charge is -2.33. The Balaban J connectivity index is 1.49. The SMILES string of the molecule is Cc1cc(C)c(-n2cccn2)c(CN2CCCC(Cn3cc(CN)nn3)C2)c1. The monoisotopic (exact) mass is 379 g/mol. The summed E-state index contributed by atoms with van der Waals surface area (Å²) >= 11 is 0. The molecule has 3 aromatic rings. The summed E-state index contributed by atoms with van der Waals surface area (Å²) in [6.07, 6.45) is 8.28. The molecule has 0 amide bonds. The third kappa shape index (κ3) is 4.15. The average Bonchev–Trinajstić information content (AvgIpc) is 3.33. The highest BCUT2D eigenvalue weighted by Gasteiger charge is 2.22. The van der Waals surface area contributed by atoms with Crippen molar-refractivity contribution in [3.8, 4) is 5.69 Å². The minimum atomic E-state index is 0.444. The first kappa shape index (κ1) is 18.8. The van der Waals surface area contributed by atoms with Crippen molar-refractivity contribution in [3.05, 3.63) is 59.2 Å². The van der Waals surface area contributed by atoms with Crippen LogP contribution in [0.15, 0.2) is 36.8 Å². The Hall–Kier alpha value is -2.51. The van der Waals surface area contributed by atoms with Crippen LogP contribution in [0.2, 0.25) is 0 Å². The Kier molecular flexibility index (Phi) is 5.54. The minimum absolute atomic E-state index is 0.444. The lowest BCUT2D eigenvalue weighted by Crippen LogP contribution is -2.37. The number of hydrogen-bond donors (Lipinski definition) is 1. The first-order valence-electron chi connectivity index (χ1n) is 10.0. The van der Waals surface area contributed by atoms with Crippen molar-refractivity contribution in [2.45, 2.75) is 46.3 Å². The number of rotatable bonds is 6. The number of hydrogen-bond acceptors (Lipinski definition) is 5. The average molecular weight is 380 g/mol. The van der Waals surface area contributed by atoms with Crippen LogP contribution in [0, 0.1) is 19.8 Å². The minimum Gasteiger partial charge on any atom is -0.325 e. The van der Waals surface area contributed by atoms with E-state index < -0.39 is 0 Å². The van der Waals surface area contributed by atoms with Crippen LogP contribution in [0.1, 0.15) is 35.2 Å². The maximum atomic E-state index is 5.65. The zero-order valence-corrected chi connectivity index (χ0v) is 16.8. The van der Waals surface area contributed by atoms with Gasteiger partial charge in [-0.15, -0.1) is 5.10 Å². The summed E-state index contributed by atoms with van der Waals surface area (Å²) in [5.41, 5.74) is 11.6. The fraction of sp³-hybridized carbons (Fsp3) is 0.476. The topological polar surface area (TPSA) is 77.8 Å². The molecule has 2 N–H and O–H groups in total. The Labute approximate surface area is 166 Å². The maximum absolute atomic E-state index is 5.65. The molecule has 1 aromatic carbocycles. The Morgan fingerprint density at radius 1 is 1.25 bits per heavy atom. The maximum Gasteiger partial charge on any atom is 0.0962 e. The second-order valence-corrected chi connectivity index (χ2v) is 7.92. The summed E-state index contributed by atoms with van der Waals surface area (Å²) in [7, 11) is 0. The van der Waals surface area contributed by atoms with Crippen molar-refractivity contribution in [2.75, 3.05) is 13.1 Å². The molecule has 7 nitrogen and oxygen atoms in total. The van der Waals surface area contributed by atoms with E-state index in [1.807, 2.05) is 34.0 Å². The Morgan fingerprint density at radius 2 is 2.14 bits per heavy atom. The summed E-state index contributed by atoms with van der Waals surface area (Å²) in [5.74, 6) is 0.583. The van der Waals surface area contributed by atoms with E-state index in [1.165, 1.54) is 35.2 Å². The fourth-order valence-corrected chi connectivity index (χ4v) is 4.37. The zero-order chi connectivity index (χ0) is 19.5. The second kappa shape index (κ2) is 8.24. The van der Waals surface area contributed by atoms with Gasteiger partial charge in [-0.25, -0.2) is 4.68 Å². The van der Waals surface area contributed by atoms with E-state index >= 15 is 0 Å². The molecule has 0 saturated carbocycles. The third-order valence-electron chi connectivity index (χ3n) is 5.49. The smallest absolute Gasteiger partial charge is 0.0962 e. The molecule has 1 atom stereocenters. The number of benzene rings is 1. The molecule has 2 aromatic heterocycles. The molecule has 0 aliphatic carbocycles. The van der Waals surface area contributed by atoms with E-state index in [4.69, 9.17) is 5.73 Å². The van der Waals surface area contributed by atoms with Crippen LogP contribution in [0.5, 0.6) is 0 Å². The van der Waals surface area contributed by atoms with Gasteiger partial charge in [0.15, 0.2) is 0 Å². The van der Waals surface area contributed by atoms with Crippen LogP contribution in [0.4, 0.5) is 0 Å². The third-order valence-corrected chi connectivity index (χ3v) is 5.49. The predicted octanol–water partition coefficient (Wildman–Crippen LogP) is 2.45. The van der Waals surface area contributed by atoms with Gasteiger partial charge in [-0.2, -0.15) is 5.10 Å². The van der Waals surface area contributed by atoms with E-state index in [-0.39, 0.29) is 0 Å². The van der Waals surface area contributed by atoms with Crippen LogP contribution in [-0.4, -0.2) is 42.8 Å². The lowest BCUT2D eigenvalue weighted by molar-refractivity contribution is 0.152. The molecule has 0 radical (unpaired) electrons. The highest BCUT2D eigenvalue weighted by molar-refractivity contribution is 5.49. The summed E-state index contributed by atoms with van der Waals surface area (Å²) in [6, 6.07) is 6.52. The van der Waals surface area contributed by atoms with Gasteiger partial charge >= 0.3 is 0 Å². The van der Waals surface area contributed by atoms with Gasteiger partial charge in [0.25, 0.3) is 0 Å². The summed E-state index contributed by atoms with van der Waals surface area (Å²) in [5, 5.41) is 12.8. The second-order valence-electron chi connectivity index (χ2n) is 7.92. The highest BCUT2D eigenvalue weighted by atomic mass is 15.4. The first-order valence-corrected chi connectivity index (χ1v) is 10.0. The van der Waals surface area contributed by atoms with E-state index in [0.717, 1.165) is 31.9 Å². The molecule has 1 aliphatic rings. The van der Waals surface area contributed by atoms with E-state index in [9.17, 15) is 0 Å². The van der Waals surface area contributed by atoms with Crippen molar-refractivity contribution in [3.63, 3.8) is 0 Å². The Morgan fingerprint density at radius 3 is 2.89 bits per heavy atom. The summed E-state index contributed by atoms with van der Waals surface area (Å²) < 4.78 is 3.94. The molecule has 0 bridgehead atoms. The zero-order valence-electron chi connectivity index (χ0n) is 16.8. The number of nitrogens with two attached hydrogens (primary N) is 1. The first-order chi connectivity index (χ1) is 13.6. The van der Waals surface area contributed by atoms with Crippen molar-refractivity contribution >= 4 is 0 Å². The number of piperidine rings is 1. The lowest BCUT2D eigenvalue weighted by atomic mass is 9.96. The molecule has 4 rings (SSSR count). The van der Waals surface area contributed by atoms with Crippen LogP contribution < -0.4 is 5.73 Å². The van der Waals surface area contributed by atoms with Gasteiger partial charge in [-0.05, 0) is 56.3 Å².